The number of aromatic amines is 1. The van der Waals surface area contributed by atoms with Gasteiger partial charge in [0.05, 0.1) is 6.20 Å². The number of nitrogens with one attached hydrogen (secondary N) is 2. The van der Waals surface area contributed by atoms with Crippen LogP contribution in [0.25, 0.3) is 0 Å². The molecule has 2 heterocycles. The minimum Gasteiger partial charge on any atom is -0.383 e. The number of hydrogen-bond acceptors (Lipinski definition) is 6. The number of aromatic nitrogens is 4. The highest BCUT2D eigenvalue weighted by Crippen LogP contribution is 2.04. The molecule has 4 N–H and O–H groups in total. The van der Waals surface area contributed by atoms with Crippen molar-refractivity contribution in [3.63, 3.8) is 0 Å². The molecule has 0 atom stereocenters. The number of carbonyl (C=O) groups excluding carboxylic acids is 1. The molecule has 0 aliphatic heterocycles. The maximum absolute atomic E-state index is 11.5. The third-order valence-electron chi connectivity index (χ3n) is 1.94. The molecule has 0 fully saturated rings. The maximum Gasteiger partial charge on any atom is 0.256 e. The zero-order valence-electron chi connectivity index (χ0n) is 8.30. The first-order valence-corrected chi connectivity index (χ1v) is 4.60. The number of carbonyl (C=O) groups is 1. The van der Waals surface area contributed by atoms with Crippen molar-refractivity contribution >= 4 is 11.7 Å². The Morgan fingerprint density at radius 1 is 1.62 bits per heavy atom. The Morgan fingerprint density at radius 3 is 3.12 bits per heavy atom. The van der Waals surface area contributed by atoms with Gasteiger partial charge < -0.3 is 15.6 Å². The standard InChI is InChI=1S/C8H10N6O2/c9-7-5(3-12-14-7)8(15)10-2-1-6-11-4-13-16-6/h3-4H,1-2H2,(H,10,15)(H3,9,12,14). The minimum absolute atomic E-state index is 0.246. The molecule has 8 nitrogen and oxygen atoms in total. The van der Waals surface area contributed by atoms with Gasteiger partial charge in [0.1, 0.15) is 11.4 Å². The molecule has 0 bridgehead atoms. The van der Waals surface area contributed by atoms with Crippen LogP contribution in [0.4, 0.5) is 5.82 Å². The van der Waals surface area contributed by atoms with E-state index in [1.165, 1.54) is 12.5 Å². The Labute approximate surface area is 90.2 Å². The number of anilines is 1. The second-order valence-corrected chi connectivity index (χ2v) is 3.04. The number of nitrogens with zero attached hydrogens (tertiary/aromatic N) is 3. The van der Waals surface area contributed by atoms with Gasteiger partial charge in [-0.2, -0.15) is 10.1 Å². The topological polar surface area (TPSA) is 123 Å². The van der Waals surface area contributed by atoms with Gasteiger partial charge in [-0.3, -0.25) is 9.89 Å². The van der Waals surface area contributed by atoms with Crippen LogP contribution in [0.1, 0.15) is 16.2 Å². The van der Waals surface area contributed by atoms with E-state index in [0.717, 1.165) is 0 Å². The fourth-order valence-corrected chi connectivity index (χ4v) is 1.16. The summed E-state index contributed by atoms with van der Waals surface area (Å²) < 4.78 is 4.77. The summed E-state index contributed by atoms with van der Waals surface area (Å²) >= 11 is 0. The Bertz CT molecular complexity index is 463. The van der Waals surface area contributed by atoms with E-state index in [1.807, 2.05) is 0 Å². The fraction of sp³-hybridized carbons (Fsp3) is 0.250. The van der Waals surface area contributed by atoms with Crippen molar-refractivity contribution in [3.8, 4) is 0 Å². The van der Waals surface area contributed by atoms with Crippen molar-refractivity contribution in [1.82, 2.24) is 25.7 Å². The summed E-state index contributed by atoms with van der Waals surface area (Å²) in [5, 5.41) is 12.2. The van der Waals surface area contributed by atoms with E-state index < -0.39 is 0 Å². The van der Waals surface area contributed by atoms with Crippen LogP contribution in [0.2, 0.25) is 0 Å². The number of H-pyrrole nitrogens is 1. The molecule has 0 spiro atoms. The van der Waals surface area contributed by atoms with Crippen molar-refractivity contribution in [3.05, 3.63) is 24.0 Å². The Balaban J connectivity index is 1.83. The Hall–Kier alpha value is -2.38. The van der Waals surface area contributed by atoms with Crippen LogP contribution in [0.15, 0.2) is 17.0 Å². The highest BCUT2D eigenvalue weighted by molar-refractivity contribution is 5.98. The second kappa shape index (κ2) is 4.43. The van der Waals surface area contributed by atoms with E-state index in [9.17, 15) is 4.79 Å². The average molecular weight is 222 g/mol. The van der Waals surface area contributed by atoms with Crippen LogP contribution in [-0.4, -0.2) is 32.8 Å². The lowest BCUT2D eigenvalue weighted by Crippen LogP contribution is -2.26. The number of amides is 1. The molecule has 0 aromatic carbocycles. The quantitative estimate of drug-likeness (QED) is 0.631. The zero-order valence-corrected chi connectivity index (χ0v) is 8.30. The molecule has 0 aliphatic carbocycles. The molecule has 1 amide bonds. The van der Waals surface area contributed by atoms with Crippen molar-refractivity contribution in [2.45, 2.75) is 6.42 Å². The summed E-state index contributed by atoms with van der Waals surface area (Å²) in [6.45, 7) is 0.394. The summed E-state index contributed by atoms with van der Waals surface area (Å²) in [5.74, 6) is 0.432. The van der Waals surface area contributed by atoms with E-state index in [0.29, 0.717) is 24.4 Å². The van der Waals surface area contributed by atoms with Crippen molar-refractivity contribution in [2.24, 2.45) is 0 Å². The smallest absolute Gasteiger partial charge is 0.256 e. The third-order valence-corrected chi connectivity index (χ3v) is 1.94. The zero-order chi connectivity index (χ0) is 11.4. The molecule has 2 rings (SSSR count). The lowest BCUT2D eigenvalue weighted by atomic mass is 10.3. The van der Waals surface area contributed by atoms with E-state index in [-0.39, 0.29) is 11.7 Å². The summed E-state index contributed by atoms with van der Waals surface area (Å²) in [7, 11) is 0. The average Bonchev–Trinajstić information content (AvgIpc) is 2.88. The third kappa shape index (κ3) is 2.16. The predicted octanol–water partition coefficient (Wildman–Crippen LogP) is -0.653. The van der Waals surface area contributed by atoms with Gasteiger partial charge in [-0.05, 0) is 0 Å². The maximum atomic E-state index is 11.5. The van der Waals surface area contributed by atoms with E-state index in [4.69, 9.17) is 10.3 Å². The van der Waals surface area contributed by atoms with Crippen LogP contribution in [0.3, 0.4) is 0 Å². The second-order valence-electron chi connectivity index (χ2n) is 3.04. The summed E-state index contributed by atoms with van der Waals surface area (Å²) in [4.78, 5) is 15.4. The Morgan fingerprint density at radius 2 is 2.50 bits per heavy atom. The number of hydrogen-bond donors (Lipinski definition) is 3. The fourth-order valence-electron chi connectivity index (χ4n) is 1.16. The molecule has 2 aromatic rings. The first kappa shape index (κ1) is 10.1. The van der Waals surface area contributed by atoms with Gasteiger partial charge in [-0.15, -0.1) is 0 Å². The molecule has 0 radical (unpaired) electrons. The van der Waals surface area contributed by atoms with Crippen LogP contribution in [-0.2, 0) is 6.42 Å². The van der Waals surface area contributed by atoms with E-state index in [1.54, 1.807) is 0 Å². The van der Waals surface area contributed by atoms with Gasteiger partial charge in [-0.1, -0.05) is 5.16 Å². The van der Waals surface area contributed by atoms with Crippen LogP contribution >= 0.6 is 0 Å². The van der Waals surface area contributed by atoms with Gasteiger partial charge in [0, 0.05) is 13.0 Å². The van der Waals surface area contributed by atoms with Gasteiger partial charge in [0.25, 0.3) is 5.91 Å². The largest absolute Gasteiger partial charge is 0.383 e. The first-order valence-electron chi connectivity index (χ1n) is 4.60. The molecule has 0 unspecified atom stereocenters. The first-order chi connectivity index (χ1) is 7.77. The van der Waals surface area contributed by atoms with E-state index >= 15 is 0 Å². The van der Waals surface area contributed by atoms with Gasteiger partial charge in [0.15, 0.2) is 6.33 Å². The normalized spacial score (nSPS) is 10.2. The highest BCUT2D eigenvalue weighted by Gasteiger charge is 2.11. The number of nitrogens with two attached hydrogens (primary N) is 1. The molecular weight excluding hydrogens is 212 g/mol. The van der Waals surface area contributed by atoms with E-state index in [2.05, 4.69) is 25.7 Å². The summed E-state index contributed by atoms with van der Waals surface area (Å²) in [5.41, 5.74) is 5.81. The monoisotopic (exact) mass is 222 g/mol. The Kier molecular flexibility index (Phi) is 2.81. The minimum atomic E-state index is -0.286. The molecule has 0 saturated heterocycles. The number of nitrogen functional groups attached to an aromatic ring is 1. The van der Waals surface area contributed by atoms with Crippen LogP contribution in [0, 0.1) is 0 Å². The van der Waals surface area contributed by atoms with Gasteiger partial charge >= 0.3 is 0 Å². The van der Waals surface area contributed by atoms with Crippen molar-refractivity contribution < 1.29 is 9.32 Å². The molecular formula is C8H10N6O2. The van der Waals surface area contributed by atoms with Gasteiger partial charge in [-0.25, -0.2) is 0 Å². The summed E-state index contributed by atoms with van der Waals surface area (Å²) in [6.07, 6.45) is 3.16. The lowest BCUT2D eigenvalue weighted by Gasteiger charge is -2.01. The highest BCUT2D eigenvalue weighted by atomic mass is 16.5. The molecule has 0 saturated carbocycles. The van der Waals surface area contributed by atoms with Crippen LogP contribution < -0.4 is 11.1 Å². The van der Waals surface area contributed by atoms with Crippen molar-refractivity contribution in [1.29, 1.82) is 0 Å². The molecule has 0 aliphatic rings. The van der Waals surface area contributed by atoms with Crippen LogP contribution in [0.5, 0.6) is 0 Å². The lowest BCUT2D eigenvalue weighted by molar-refractivity contribution is 0.0954. The summed E-state index contributed by atoms with van der Waals surface area (Å²) in [6, 6.07) is 0. The predicted molar refractivity (Wildman–Crippen MR) is 53.3 cm³/mol. The SMILES string of the molecule is Nc1[nH]ncc1C(=O)NCCc1ncno1. The van der Waals surface area contributed by atoms with Gasteiger partial charge in [0.2, 0.25) is 5.89 Å². The van der Waals surface area contributed by atoms with Crippen molar-refractivity contribution in [2.75, 3.05) is 12.3 Å². The number of rotatable bonds is 4. The molecule has 8 heteroatoms. The molecule has 84 valence electrons. The molecule has 2 aromatic heterocycles. The molecule has 16 heavy (non-hydrogen) atoms.